The zero-order valence-electron chi connectivity index (χ0n) is 15.0. The van der Waals surface area contributed by atoms with E-state index in [9.17, 15) is 4.79 Å². The first-order valence-electron chi connectivity index (χ1n) is 8.68. The normalized spacial score (nSPS) is 12.1. The van der Waals surface area contributed by atoms with Gasteiger partial charge < -0.3 is 10.3 Å². The van der Waals surface area contributed by atoms with Crippen LogP contribution in [-0.4, -0.2) is 20.9 Å². The lowest BCUT2D eigenvalue weighted by Crippen LogP contribution is -2.28. The lowest BCUT2D eigenvalue weighted by atomic mass is 10.2. The van der Waals surface area contributed by atoms with E-state index in [4.69, 9.17) is 11.6 Å². The predicted molar refractivity (Wildman–Crippen MR) is 115 cm³/mol. The van der Waals surface area contributed by atoms with E-state index in [2.05, 4.69) is 20.3 Å². The number of hydrogen-bond donors (Lipinski definition) is 2. The Morgan fingerprint density at radius 3 is 2.82 bits per heavy atom. The lowest BCUT2D eigenvalue weighted by molar-refractivity contribution is -0.121. The quantitative estimate of drug-likeness (QED) is 0.435. The minimum atomic E-state index is -0.223. The number of halogens is 1. The van der Waals surface area contributed by atoms with E-state index < -0.39 is 0 Å². The molecule has 0 aliphatic rings. The minimum Gasteiger partial charge on any atom is -0.346 e. The molecule has 142 valence electrons. The SMILES string of the molecule is CC(NC(=O)Cc1csc(-c2ccc(Cl)s2)n1)c1ncc(-c2ccccc2)[nH]1. The summed E-state index contributed by atoms with van der Waals surface area (Å²) < 4.78 is 0.728. The Kier molecular flexibility index (Phi) is 5.57. The minimum absolute atomic E-state index is 0.0915. The maximum Gasteiger partial charge on any atom is 0.226 e. The van der Waals surface area contributed by atoms with E-state index in [1.165, 1.54) is 22.7 Å². The topological polar surface area (TPSA) is 70.7 Å². The van der Waals surface area contributed by atoms with E-state index in [0.29, 0.717) is 0 Å². The van der Waals surface area contributed by atoms with Crippen molar-refractivity contribution < 1.29 is 4.79 Å². The van der Waals surface area contributed by atoms with Gasteiger partial charge in [-0.1, -0.05) is 41.9 Å². The van der Waals surface area contributed by atoms with Gasteiger partial charge in [0.1, 0.15) is 10.8 Å². The number of nitrogens with one attached hydrogen (secondary N) is 2. The molecule has 3 heterocycles. The standard InChI is InChI=1S/C20H17ClN4OS2/c1-12(19-22-10-15(25-19)13-5-3-2-4-6-13)23-18(26)9-14-11-27-20(24-14)16-7-8-17(21)28-16/h2-8,10-12H,9H2,1H3,(H,22,25)(H,23,26). The predicted octanol–water partition coefficient (Wildman–Crippen LogP) is 5.34. The van der Waals surface area contributed by atoms with E-state index in [1.807, 2.05) is 54.8 Å². The van der Waals surface area contributed by atoms with Crippen molar-refractivity contribution in [3.8, 4) is 21.1 Å². The number of hydrogen-bond acceptors (Lipinski definition) is 5. The van der Waals surface area contributed by atoms with Gasteiger partial charge in [0.2, 0.25) is 5.91 Å². The van der Waals surface area contributed by atoms with Crippen molar-refractivity contribution in [2.24, 2.45) is 0 Å². The van der Waals surface area contributed by atoms with E-state index in [0.717, 1.165) is 37.0 Å². The molecule has 0 aliphatic carbocycles. The van der Waals surface area contributed by atoms with E-state index in [-0.39, 0.29) is 18.4 Å². The molecule has 28 heavy (non-hydrogen) atoms. The highest BCUT2D eigenvalue weighted by Gasteiger charge is 2.15. The van der Waals surface area contributed by atoms with E-state index >= 15 is 0 Å². The average molecular weight is 429 g/mol. The molecule has 3 aromatic heterocycles. The second-order valence-electron chi connectivity index (χ2n) is 6.26. The van der Waals surface area contributed by atoms with Crippen molar-refractivity contribution in [3.05, 3.63) is 69.9 Å². The van der Waals surface area contributed by atoms with Crippen molar-refractivity contribution >= 4 is 40.2 Å². The Labute approximate surface area is 175 Å². The summed E-state index contributed by atoms with van der Waals surface area (Å²) >= 11 is 8.98. The summed E-state index contributed by atoms with van der Waals surface area (Å²) in [6, 6.07) is 13.5. The Bertz CT molecular complexity index is 1090. The molecule has 0 aliphatic heterocycles. The summed E-state index contributed by atoms with van der Waals surface area (Å²) in [5.74, 6) is 0.630. The van der Waals surface area contributed by atoms with Crippen molar-refractivity contribution in [1.29, 1.82) is 0 Å². The largest absolute Gasteiger partial charge is 0.346 e. The summed E-state index contributed by atoms with van der Waals surface area (Å²) in [5, 5.41) is 5.77. The number of carbonyl (C=O) groups excluding carboxylic acids is 1. The van der Waals surface area contributed by atoms with Crippen LogP contribution in [0.3, 0.4) is 0 Å². The van der Waals surface area contributed by atoms with Crippen LogP contribution < -0.4 is 5.32 Å². The van der Waals surface area contributed by atoms with Crippen LogP contribution in [0, 0.1) is 0 Å². The number of H-pyrrole nitrogens is 1. The third kappa shape index (κ3) is 4.32. The molecule has 0 bridgehead atoms. The molecule has 4 aromatic rings. The Hall–Kier alpha value is -2.48. The number of aromatic nitrogens is 3. The third-order valence-electron chi connectivity index (χ3n) is 4.15. The number of amides is 1. The van der Waals surface area contributed by atoms with Gasteiger partial charge in [-0.25, -0.2) is 9.97 Å². The molecule has 0 spiro atoms. The molecule has 0 radical (unpaired) electrons. The van der Waals surface area contributed by atoms with Crippen LogP contribution in [0.15, 0.2) is 54.0 Å². The van der Waals surface area contributed by atoms with Crippen LogP contribution in [0.25, 0.3) is 21.1 Å². The fourth-order valence-electron chi connectivity index (χ4n) is 2.78. The van der Waals surface area contributed by atoms with Crippen LogP contribution in [-0.2, 0) is 11.2 Å². The number of imidazole rings is 1. The van der Waals surface area contributed by atoms with Gasteiger partial charge in [0, 0.05) is 5.38 Å². The first-order chi connectivity index (χ1) is 13.6. The molecule has 1 atom stereocenters. The number of carbonyl (C=O) groups is 1. The lowest BCUT2D eigenvalue weighted by Gasteiger charge is -2.11. The average Bonchev–Trinajstić information content (AvgIpc) is 3.42. The number of benzene rings is 1. The van der Waals surface area contributed by atoms with Crippen molar-refractivity contribution in [1.82, 2.24) is 20.3 Å². The fraction of sp³-hybridized carbons (Fsp3) is 0.150. The van der Waals surface area contributed by atoms with Crippen LogP contribution >= 0.6 is 34.3 Å². The molecular weight excluding hydrogens is 412 g/mol. The Balaban J connectivity index is 1.37. The van der Waals surface area contributed by atoms with Gasteiger partial charge in [0.25, 0.3) is 0 Å². The number of thiazole rings is 1. The molecule has 8 heteroatoms. The maximum atomic E-state index is 12.4. The van der Waals surface area contributed by atoms with Crippen molar-refractivity contribution in [2.75, 3.05) is 0 Å². The van der Waals surface area contributed by atoms with Gasteiger partial charge in [-0.2, -0.15) is 0 Å². The monoisotopic (exact) mass is 428 g/mol. The van der Waals surface area contributed by atoms with Crippen molar-refractivity contribution in [3.63, 3.8) is 0 Å². The van der Waals surface area contributed by atoms with Gasteiger partial charge in [-0.3, -0.25) is 4.79 Å². The molecule has 2 N–H and O–H groups in total. The van der Waals surface area contributed by atoms with Gasteiger partial charge in [-0.15, -0.1) is 22.7 Å². The fourth-order valence-corrected chi connectivity index (χ4v) is 4.71. The van der Waals surface area contributed by atoms with Crippen molar-refractivity contribution in [2.45, 2.75) is 19.4 Å². The van der Waals surface area contributed by atoms with Crippen LogP contribution in [0.1, 0.15) is 24.5 Å². The molecule has 0 fully saturated rings. The number of rotatable bonds is 6. The zero-order chi connectivity index (χ0) is 19.5. The van der Waals surface area contributed by atoms with Crippen LogP contribution in [0.4, 0.5) is 0 Å². The molecule has 1 aromatic carbocycles. The maximum absolute atomic E-state index is 12.4. The third-order valence-corrected chi connectivity index (χ3v) is 6.44. The van der Waals surface area contributed by atoms with Crippen LogP contribution in [0.5, 0.6) is 0 Å². The number of thiophene rings is 1. The van der Waals surface area contributed by atoms with Gasteiger partial charge in [0.15, 0.2) is 0 Å². The summed E-state index contributed by atoms with van der Waals surface area (Å²) in [6.07, 6.45) is 2.01. The zero-order valence-corrected chi connectivity index (χ0v) is 17.4. The molecule has 5 nitrogen and oxygen atoms in total. The first kappa shape index (κ1) is 18.9. The summed E-state index contributed by atoms with van der Waals surface area (Å²) in [6.45, 7) is 1.91. The smallest absolute Gasteiger partial charge is 0.226 e. The van der Waals surface area contributed by atoms with Crippen LogP contribution in [0.2, 0.25) is 4.34 Å². The second kappa shape index (κ2) is 8.26. The molecule has 0 saturated carbocycles. The number of aromatic amines is 1. The Morgan fingerprint density at radius 2 is 2.07 bits per heavy atom. The highest BCUT2D eigenvalue weighted by atomic mass is 35.5. The Morgan fingerprint density at radius 1 is 1.25 bits per heavy atom. The first-order valence-corrected chi connectivity index (χ1v) is 10.8. The highest BCUT2D eigenvalue weighted by molar-refractivity contribution is 7.23. The summed E-state index contributed by atoms with van der Waals surface area (Å²) in [5.41, 5.74) is 2.73. The van der Waals surface area contributed by atoms with Gasteiger partial charge in [-0.05, 0) is 24.6 Å². The van der Waals surface area contributed by atoms with E-state index in [1.54, 1.807) is 6.20 Å². The van der Waals surface area contributed by atoms with Gasteiger partial charge >= 0.3 is 0 Å². The van der Waals surface area contributed by atoms with Gasteiger partial charge in [0.05, 0.1) is 39.3 Å². The number of nitrogens with zero attached hydrogens (tertiary/aromatic N) is 2. The summed E-state index contributed by atoms with van der Waals surface area (Å²) in [7, 11) is 0. The molecule has 1 amide bonds. The molecule has 1 unspecified atom stereocenters. The molecule has 4 rings (SSSR count). The molecular formula is C20H17ClN4OS2. The summed E-state index contributed by atoms with van der Waals surface area (Å²) in [4.78, 5) is 25.7. The second-order valence-corrected chi connectivity index (χ2v) is 8.84. The molecule has 0 saturated heterocycles. The highest BCUT2D eigenvalue weighted by Crippen LogP contribution is 2.33.